The Hall–Kier alpha value is -2.48. The molecule has 0 spiro atoms. The number of hydrogen-bond donors (Lipinski definition) is 1. The normalized spacial score (nSPS) is 22.7. The van der Waals surface area contributed by atoms with Crippen LogP contribution in [0.15, 0.2) is 17.1 Å². The van der Waals surface area contributed by atoms with Crippen LogP contribution in [0, 0.1) is 0 Å². The molecule has 2 aromatic rings. The number of aromatic nitrogens is 4. The molecule has 1 saturated carbocycles. The summed E-state index contributed by atoms with van der Waals surface area (Å²) in [6.45, 7) is 5.06. The van der Waals surface area contributed by atoms with Gasteiger partial charge < -0.3 is 9.88 Å². The van der Waals surface area contributed by atoms with E-state index in [1.165, 1.54) is 32.1 Å². The minimum atomic E-state index is -0.197. The van der Waals surface area contributed by atoms with E-state index in [-0.39, 0.29) is 17.5 Å². The summed E-state index contributed by atoms with van der Waals surface area (Å²) in [5.74, 6) is 0.564. The Balaban J connectivity index is 1.38. The van der Waals surface area contributed by atoms with Gasteiger partial charge in [-0.1, -0.05) is 19.3 Å². The largest absolute Gasteiger partial charge is 0.327 e. The van der Waals surface area contributed by atoms with Crippen molar-refractivity contribution in [3.8, 4) is 0 Å². The lowest BCUT2D eigenvalue weighted by molar-refractivity contribution is 0.0591. The molecule has 5 rings (SSSR count). The van der Waals surface area contributed by atoms with Gasteiger partial charge in [-0.15, -0.1) is 0 Å². The molecule has 1 N–H and O–H groups in total. The number of piperidine rings is 1. The van der Waals surface area contributed by atoms with Gasteiger partial charge in [-0.2, -0.15) is 5.10 Å². The second kappa shape index (κ2) is 9.17. The minimum Gasteiger partial charge on any atom is -0.327 e. The van der Waals surface area contributed by atoms with E-state index in [1.807, 2.05) is 18.0 Å². The van der Waals surface area contributed by atoms with Crippen LogP contribution >= 0.6 is 0 Å². The van der Waals surface area contributed by atoms with E-state index in [9.17, 15) is 9.59 Å². The standard InChI is InChI=1S/C24H34N6O2/c1-2-29-15-12-20(27-29)24(32)30-13-7-6-10-21(30)22-25-19-11-14-28(16-18(19)23(31)26-22)17-8-4-3-5-9-17/h12,15,17,21H,2-11,13-14,16H2,1H3,(H,25,26,31)/t21-/m0/s1. The van der Waals surface area contributed by atoms with Gasteiger partial charge in [-0.3, -0.25) is 19.2 Å². The molecule has 1 atom stereocenters. The number of aryl methyl sites for hydroxylation is 1. The summed E-state index contributed by atoms with van der Waals surface area (Å²) in [4.78, 5) is 38.7. The van der Waals surface area contributed by atoms with Gasteiger partial charge in [0.05, 0.1) is 17.3 Å². The first-order chi connectivity index (χ1) is 15.6. The van der Waals surface area contributed by atoms with E-state index in [2.05, 4.69) is 15.0 Å². The van der Waals surface area contributed by atoms with Crippen LogP contribution in [0.2, 0.25) is 0 Å². The van der Waals surface area contributed by atoms with Crippen molar-refractivity contribution in [1.29, 1.82) is 0 Å². The summed E-state index contributed by atoms with van der Waals surface area (Å²) in [5.41, 5.74) is 2.17. The fourth-order valence-corrected chi connectivity index (χ4v) is 5.64. The van der Waals surface area contributed by atoms with Crippen molar-refractivity contribution < 1.29 is 4.79 Å². The fraction of sp³-hybridized carbons (Fsp3) is 0.667. The zero-order valence-corrected chi connectivity index (χ0v) is 19.1. The summed E-state index contributed by atoms with van der Waals surface area (Å²) in [6.07, 6.45) is 11.9. The topological polar surface area (TPSA) is 87.1 Å². The molecule has 1 amide bonds. The third-order valence-electron chi connectivity index (χ3n) is 7.47. The highest BCUT2D eigenvalue weighted by Crippen LogP contribution is 2.31. The number of aromatic amines is 1. The highest BCUT2D eigenvalue weighted by Gasteiger charge is 2.33. The maximum absolute atomic E-state index is 13.2. The molecule has 0 unspecified atom stereocenters. The first-order valence-corrected chi connectivity index (χ1v) is 12.3. The Morgan fingerprint density at radius 1 is 1.12 bits per heavy atom. The number of fused-ring (bicyclic) bond motifs is 1. The van der Waals surface area contributed by atoms with E-state index < -0.39 is 0 Å². The molecule has 4 heterocycles. The lowest BCUT2D eigenvalue weighted by Crippen LogP contribution is -2.44. The third kappa shape index (κ3) is 4.12. The maximum atomic E-state index is 13.2. The van der Waals surface area contributed by atoms with Gasteiger partial charge in [0.2, 0.25) is 0 Å². The Bertz CT molecular complexity index is 1020. The Morgan fingerprint density at radius 3 is 2.72 bits per heavy atom. The number of H-pyrrole nitrogens is 1. The molecule has 2 aliphatic heterocycles. The molecule has 1 saturated heterocycles. The molecule has 0 radical (unpaired) electrons. The highest BCUT2D eigenvalue weighted by atomic mass is 16.2. The van der Waals surface area contributed by atoms with Crippen molar-refractivity contribution in [1.82, 2.24) is 29.5 Å². The SMILES string of the molecule is CCn1ccc(C(=O)N2CCCC[C@H]2c2nc3c(c(=O)[nH]2)CN(C2CCCCC2)CC3)n1. The van der Waals surface area contributed by atoms with Crippen LogP contribution < -0.4 is 5.56 Å². The quantitative estimate of drug-likeness (QED) is 0.793. The molecule has 3 aliphatic rings. The number of carbonyl (C=O) groups excluding carboxylic acids is 1. The minimum absolute atomic E-state index is 0.0289. The maximum Gasteiger partial charge on any atom is 0.274 e. The van der Waals surface area contributed by atoms with E-state index in [4.69, 9.17) is 4.98 Å². The third-order valence-corrected chi connectivity index (χ3v) is 7.47. The molecule has 1 aliphatic carbocycles. The summed E-state index contributed by atoms with van der Waals surface area (Å²) in [5, 5.41) is 4.40. The van der Waals surface area contributed by atoms with E-state index in [0.29, 0.717) is 30.6 Å². The molecule has 32 heavy (non-hydrogen) atoms. The molecule has 2 aromatic heterocycles. The molecule has 172 valence electrons. The van der Waals surface area contributed by atoms with Gasteiger partial charge in [-0.25, -0.2) is 4.98 Å². The predicted molar refractivity (Wildman–Crippen MR) is 121 cm³/mol. The number of nitrogens with one attached hydrogen (secondary N) is 1. The average Bonchev–Trinajstić information content (AvgIpc) is 3.33. The monoisotopic (exact) mass is 438 g/mol. The summed E-state index contributed by atoms with van der Waals surface area (Å²) < 4.78 is 1.77. The van der Waals surface area contributed by atoms with Crippen LogP contribution in [0.5, 0.6) is 0 Å². The van der Waals surface area contributed by atoms with Crippen molar-refractivity contribution in [3.63, 3.8) is 0 Å². The molecule has 0 aromatic carbocycles. The van der Waals surface area contributed by atoms with Crippen LogP contribution in [0.3, 0.4) is 0 Å². The van der Waals surface area contributed by atoms with E-state index in [0.717, 1.165) is 50.0 Å². The van der Waals surface area contributed by atoms with Crippen molar-refractivity contribution >= 4 is 5.91 Å². The first kappa shape index (κ1) is 21.4. The zero-order valence-electron chi connectivity index (χ0n) is 19.1. The van der Waals surface area contributed by atoms with E-state index >= 15 is 0 Å². The van der Waals surface area contributed by atoms with Crippen molar-refractivity contribution in [2.24, 2.45) is 0 Å². The van der Waals surface area contributed by atoms with Gasteiger partial charge >= 0.3 is 0 Å². The fourth-order valence-electron chi connectivity index (χ4n) is 5.64. The highest BCUT2D eigenvalue weighted by molar-refractivity contribution is 5.92. The number of rotatable bonds is 4. The Morgan fingerprint density at radius 2 is 1.94 bits per heavy atom. The van der Waals surface area contributed by atoms with Crippen molar-refractivity contribution in [2.75, 3.05) is 13.1 Å². The summed E-state index contributed by atoms with van der Waals surface area (Å²) in [6, 6.07) is 2.18. The van der Waals surface area contributed by atoms with Gasteiger partial charge in [-0.05, 0) is 45.1 Å². The van der Waals surface area contributed by atoms with Crippen LogP contribution in [0.25, 0.3) is 0 Å². The lowest BCUT2D eigenvalue weighted by Gasteiger charge is -2.38. The smallest absolute Gasteiger partial charge is 0.274 e. The number of amides is 1. The van der Waals surface area contributed by atoms with Crippen LogP contribution in [-0.4, -0.2) is 54.6 Å². The summed E-state index contributed by atoms with van der Waals surface area (Å²) in [7, 11) is 0. The molecule has 8 nitrogen and oxygen atoms in total. The van der Waals surface area contributed by atoms with Crippen molar-refractivity contribution in [3.05, 3.63) is 45.4 Å². The number of hydrogen-bond acceptors (Lipinski definition) is 5. The summed E-state index contributed by atoms with van der Waals surface area (Å²) >= 11 is 0. The zero-order chi connectivity index (χ0) is 22.1. The van der Waals surface area contributed by atoms with Gasteiger partial charge in [0.25, 0.3) is 11.5 Å². The van der Waals surface area contributed by atoms with Gasteiger partial charge in [0.15, 0.2) is 0 Å². The second-order valence-electron chi connectivity index (χ2n) is 9.46. The van der Waals surface area contributed by atoms with Crippen molar-refractivity contribution in [2.45, 2.75) is 89.9 Å². The first-order valence-electron chi connectivity index (χ1n) is 12.3. The molecule has 0 bridgehead atoms. The van der Waals surface area contributed by atoms with Crippen LogP contribution in [0.4, 0.5) is 0 Å². The molecule has 2 fully saturated rings. The van der Waals surface area contributed by atoms with Gasteiger partial charge in [0.1, 0.15) is 11.5 Å². The van der Waals surface area contributed by atoms with E-state index in [1.54, 1.807) is 10.7 Å². The second-order valence-corrected chi connectivity index (χ2v) is 9.46. The average molecular weight is 439 g/mol. The molecule has 8 heteroatoms. The van der Waals surface area contributed by atoms with Crippen LogP contribution in [-0.2, 0) is 19.5 Å². The Kier molecular flexibility index (Phi) is 6.13. The molecular formula is C24H34N6O2. The number of nitrogens with zero attached hydrogens (tertiary/aromatic N) is 5. The number of likely N-dealkylation sites (tertiary alicyclic amines) is 1. The van der Waals surface area contributed by atoms with Crippen LogP contribution in [0.1, 0.15) is 91.9 Å². The Labute approximate surface area is 189 Å². The lowest BCUT2D eigenvalue weighted by atomic mass is 9.92. The van der Waals surface area contributed by atoms with Gasteiger partial charge in [0, 0.05) is 44.8 Å². The predicted octanol–water partition coefficient (Wildman–Crippen LogP) is 3.04. The number of carbonyl (C=O) groups is 1. The molecular weight excluding hydrogens is 404 g/mol.